The number of fused-ring (bicyclic) bond motifs is 3. The second-order valence-corrected chi connectivity index (χ2v) is 10.1. The van der Waals surface area contributed by atoms with Crippen LogP contribution >= 0.6 is 0 Å². The number of alkyl halides is 2. The van der Waals surface area contributed by atoms with Crippen molar-refractivity contribution in [2.45, 2.75) is 38.3 Å². The van der Waals surface area contributed by atoms with Crippen LogP contribution in [-0.2, 0) is 10.0 Å². The summed E-state index contributed by atoms with van der Waals surface area (Å²) in [5, 5.41) is 3.67. The van der Waals surface area contributed by atoms with Crippen molar-refractivity contribution in [3.63, 3.8) is 0 Å². The Balaban J connectivity index is 1.62. The number of aromatic nitrogens is 1. The zero-order chi connectivity index (χ0) is 24.7. The largest absolute Gasteiger partial charge is 0.452 e. The Hall–Kier alpha value is -3.67. The highest BCUT2D eigenvalue weighted by Gasteiger charge is 2.24. The summed E-state index contributed by atoms with van der Waals surface area (Å²) in [4.78, 5) is 16.9. The maximum atomic E-state index is 13.0. The number of nitrogens with one attached hydrogen (secondary N) is 2. The molecule has 0 atom stereocenters. The van der Waals surface area contributed by atoms with Gasteiger partial charge in [-0.1, -0.05) is 12.8 Å². The minimum absolute atomic E-state index is 0.00413. The minimum Gasteiger partial charge on any atom is -0.452 e. The van der Waals surface area contributed by atoms with E-state index in [1.54, 1.807) is 0 Å². The van der Waals surface area contributed by atoms with Crippen molar-refractivity contribution in [2.75, 3.05) is 11.0 Å². The van der Waals surface area contributed by atoms with E-state index in [1.807, 2.05) is 0 Å². The third-order valence-electron chi connectivity index (χ3n) is 5.76. The van der Waals surface area contributed by atoms with Crippen molar-refractivity contribution in [1.29, 1.82) is 0 Å². The lowest BCUT2D eigenvalue weighted by atomic mass is 10.1. The van der Waals surface area contributed by atoms with Crippen LogP contribution in [0.25, 0.3) is 33.4 Å². The number of ether oxygens (including phenoxy) is 1. The summed E-state index contributed by atoms with van der Waals surface area (Å²) in [6.45, 7) is -3.09. The third-order valence-corrected chi connectivity index (χ3v) is 6.37. The fourth-order valence-corrected chi connectivity index (χ4v) is 4.89. The number of nitrogens with zero attached hydrogens (tertiary/aromatic N) is 1. The van der Waals surface area contributed by atoms with Crippen LogP contribution in [0.2, 0.25) is 0 Å². The summed E-state index contributed by atoms with van der Waals surface area (Å²) in [5.74, 6) is -0.504. The molecular formula is C23H21F2N3O6S. The van der Waals surface area contributed by atoms with Crippen LogP contribution in [0.15, 0.2) is 45.4 Å². The number of halogens is 2. The summed E-state index contributed by atoms with van der Waals surface area (Å²) < 4.78 is 67.8. The molecule has 2 heterocycles. The van der Waals surface area contributed by atoms with Gasteiger partial charge in [0.1, 0.15) is 11.8 Å². The van der Waals surface area contributed by atoms with Crippen molar-refractivity contribution in [1.82, 2.24) is 10.3 Å². The van der Waals surface area contributed by atoms with Crippen molar-refractivity contribution in [3.8, 4) is 17.2 Å². The quantitative estimate of drug-likeness (QED) is 0.367. The van der Waals surface area contributed by atoms with E-state index in [-0.39, 0.29) is 40.6 Å². The van der Waals surface area contributed by atoms with Crippen LogP contribution in [0.4, 0.5) is 14.5 Å². The first-order valence-electron chi connectivity index (χ1n) is 10.9. The van der Waals surface area contributed by atoms with Gasteiger partial charge in [0.2, 0.25) is 15.9 Å². The van der Waals surface area contributed by atoms with E-state index in [0.29, 0.717) is 21.9 Å². The summed E-state index contributed by atoms with van der Waals surface area (Å²) in [6, 6.07) is 7.36. The number of amides is 1. The third kappa shape index (κ3) is 4.78. The number of benzene rings is 2. The summed E-state index contributed by atoms with van der Waals surface area (Å²) >= 11 is 0. The molecule has 9 nitrogen and oxygen atoms in total. The number of carbonyl (C=O) groups is 1. The average molecular weight is 505 g/mol. The second kappa shape index (κ2) is 8.84. The van der Waals surface area contributed by atoms with Gasteiger partial charge < -0.3 is 18.9 Å². The number of hydrogen-bond acceptors (Lipinski definition) is 7. The molecule has 0 aliphatic heterocycles. The van der Waals surface area contributed by atoms with Gasteiger partial charge >= 0.3 is 6.61 Å². The fourth-order valence-electron chi connectivity index (χ4n) is 4.33. The van der Waals surface area contributed by atoms with Crippen LogP contribution in [0.1, 0.15) is 36.2 Å². The SMILES string of the molecule is CS(=O)(=O)Nc1ccc2oc3c(OC(F)F)ccc(-c4nc(C(=O)NC5CCCC5)co4)c3c2c1. The van der Waals surface area contributed by atoms with Crippen LogP contribution in [0, 0.1) is 0 Å². The molecule has 1 amide bonds. The maximum Gasteiger partial charge on any atom is 0.387 e. The van der Waals surface area contributed by atoms with E-state index in [1.165, 1.54) is 36.6 Å². The zero-order valence-corrected chi connectivity index (χ0v) is 19.3. The Morgan fingerprint density at radius 2 is 1.97 bits per heavy atom. The molecule has 35 heavy (non-hydrogen) atoms. The summed E-state index contributed by atoms with van der Waals surface area (Å²) in [6.07, 6.45) is 6.18. The first-order valence-corrected chi connectivity index (χ1v) is 12.8. The number of sulfonamides is 1. The normalized spacial score (nSPS) is 14.7. The van der Waals surface area contributed by atoms with E-state index in [2.05, 4.69) is 19.8 Å². The van der Waals surface area contributed by atoms with Gasteiger partial charge in [0.05, 0.1) is 6.26 Å². The molecule has 0 bridgehead atoms. The number of hydrogen-bond donors (Lipinski definition) is 2. The number of anilines is 1. The van der Waals surface area contributed by atoms with Gasteiger partial charge in [-0.05, 0) is 43.2 Å². The minimum atomic E-state index is -3.56. The molecule has 0 saturated heterocycles. The molecule has 1 fully saturated rings. The summed E-state index contributed by atoms with van der Waals surface area (Å²) in [5.41, 5.74) is 0.996. The van der Waals surface area contributed by atoms with E-state index >= 15 is 0 Å². The molecule has 0 unspecified atom stereocenters. The van der Waals surface area contributed by atoms with Gasteiger partial charge in [0, 0.05) is 28.1 Å². The molecule has 184 valence electrons. The Labute approximate surface area is 198 Å². The topological polar surface area (TPSA) is 124 Å². The maximum absolute atomic E-state index is 13.0. The molecule has 2 aromatic heterocycles. The number of furan rings is 1. The molecule has 2 aromatic carbocycles. The van der Waals surface area contributed by atoms with E-state index < -0.39 is 16.6 Å². The Bertz CT molecular complexity index is 1520. The van der Waals surface area contributed by atoms with Crippen molar-refractivity contribution in [3.05, 3.63) is 42.3 Å². The van der Waals surface area contributed by atoms with Crippen LogP contribution in [0.3, 0.4) is 0 Å². The molecule has 0 radical (unpaired) electrons. The van der Waals surface area contributed by atoms with Crippen molar-refractivity contribution >= 4 is 43.6 Å². The smallest absolute Gasteiger partial charge is 0.387 e. The Kier molecular flexibility index (Phi) is 5.83. The lowest BCUT2D eigenvalue weighted by molar-refractivity contribution is -0.0493. The second-order valence-electron chi connectivity index (χ2n) is 8.37. The van der Waals surface area contributed by atoms with E-state index in [0.717, 1.165) is 31.9 Å². The zero-order valence-electron chi connectivity index (χ0n) is 18.5. The number of oxazole rings is 1. The molecule has 5 rings (SSSR count). The van der Waals surface area contributed by atoms with E-state index in [4.69, 9.17) is 8.83 Å². The molecule has 4 aromatic rings. The first-order chi connectivity index (χ1) is 16.7. The lowest BCUT2D eigenvalue weighted by Crippen LogP contribution is -2.32. The Morgan fingerprint density at radius 1 is 1.20 bits per heavy atom. The highest BCUT2D eigenvalue weighted by atomic mass is 32.2. The van der Waals surface area contributed by atoms with Gasteiger partial charge in [0.15, 0.2) is 17.0 Å². The average Bonchev–Trinajstić information content (AvgIpc) is 3.52. The standard InChI is InChI=1S/C23H21F2N3O6S/c1-35(30,31)28-13-6-8-17-15(10-13)19-14(7-9-18(20(19)33-17)34-23(24)25)22-27-16(11-32-22)21(29)26-12-4-2-3-5-12/h6-12,23,28H,2-5H2,1H3,(H,26,29). The number of rotatable bonds is 7. The van der Waals surface area contributed by atoms with Gasteiger partial charge in [-0.15, -0.1) is 0 Å². The van der Waals surface area contributed by atoms with Gasteiger partial charge in [-0.2, -0.15) is 8.78 Å². The molecule has 2 N–H and O–H groups in total. The fraction of sp³-hybridized carbons (Fsp3) is 0.304. The lowest BCUT2D eigenvalue weighted by Gasteiger charge is -2.09. The first kappa shape index (κ1) is 23.1. The monoisotopic (exact) mass is 505 g/mol. The highest BCUT2D eigenvalue weighted by Crippen LogP contribution is 2.42. The van der Waals surface area contributed by atoms with Crippen molar-refractivity contribution < 1.29 is 35.6 Å². The predicted octanol–water partition coefficient (Wildman–Crippen LogP) is 4.89. The molecule has 1 aliphatic rings. The molecule has 1 saturated carbocycles. The molecular weight excluding hydrogens is 484 g/mol. The van der Waals surface area contributed by atoms with Crippen LogP contribution in [0.5, 0.6) is 5.75 Å². The predicted molar refractivity (Wildman–Crippen MR) is 124 cm³/mol. The van der Waals surface area contributed by atoms with Gasteiger partial charge in [-0.3, -0.25) is 9.52 Å². The number of carbonyl (C=O) groups excluding carboxylic acids is 1. The van der Waals surface area contributed by atoms with Gasteiger partial charge in [-0.25, -0.2) is 13.4 Å². The molecule has 0 spiro atoms. The highest BCUT2D eigenvalue weighted by molar-refractivity contribution is 7.92. The van der Waals surface area contributed by atoms with E-state index in [9.17, 15) is 22.0 Å². The van der Waals surface area contributed by atoms with Crippen LogP contribution in [-0.4, -0.2) is 38.2 Å². The van der Waals surface area contributed by atoms with Crippen LogP contribution < -0.4 is 14.8 Å². The van der Waals surface area contributed by atoms with Crippen molar-refractivity contribution in [2.24, 2.45) is 0 Å². The summed E-state index contributed by atoms with van der Waals surface area (Å²) in [7, 11) is -3.56. The van der Waals surface area contributed by atoms with Gasteiger partial charge in [0.25, 0.3) is 5.91 Å². The Morgan fingerprint density at radius 3 is 2.69 bits per heavy atom. The molecule has 12 heteroatoms. The molecule has 1 aliphatic carbocycles.